The van der Waals surface area contributed by atoms with E-state index in [1.54, 1.807) is 23.8 Å². The van der Waals surface area contributed by atoms with Crippen LogP contribution in [-0.4, -0.2) is 110 Å². The molecule has 2 atom stereocenters. The van der Waals surface area contributed by atoms with Gasteiger partial charge in [0, 0.05) is 88.9 Å². The average Bonchev–Trinajstić information content (AvgIpc) is 4.00. The average molecular weight is 895 g/mol. The lowest BCUT2D eigenvalue weighted by Crippen LogP contribution is -2.49. The number of carbonyl (C=O) groups is 2. The second-order valence-electron chi connectivity index (χ2n) is 18.1. The Morgan fingerprint density at radius 2 is 1.73 bits per heavy atom. The first kappa shape index (κ1) is 40.7. The number of rotatable bonds is 8. The molecule has 3 N–H and O–H groups in total. The number of piperazine rings is 1. The number of aryl methyl sites for hydroxylation is 2. The maximum Gasteiger partial charge on any atom is 0.301 e. The second-order valence-corrected chi connectivity index (χ2v) is 18.5. The number of pyridine rings is 1. The SMILES string of the molecule is Cn1nc(C2CCC(=O)NC2=O)c2cccc(N3CCN(CC4CCN(c5cc(Nc6ccc7c(c6)c6c(c(=O)n7C)OCC(F)(F)[C@H](C7CC7)N6)n6ncc(Cl)c6n5)CC4)CC3)c21. The number of fused-ring (bicyclic) bond motifs is 5. The largest absolute Gasteiger partial charge is 0.480 e. The highest BCUT2D eigenvalue weighted by Gasteiger charge is 2.51. The molecule has 6 aromatic rings. The van der Waals surface area contributed by atoms with Crippen molar-refractivity contribution < 1.29 is 23.1 Å². The number of carbonyl (C=O) groups excluding carboxylic acids is 2. The third-order valence-electron chi connectivity index (χ3n) is 13.9. The summed E-state index contributed by atoms with van der Waals surface area (Å²) >= 11 is 6.65. The van der Waals surface area contributed by atoms with E-state index in [0.717, 1.165) is 86.8 Å². The summed E-state index contributed by atoms with van der Waals surface area (Å²) in [4.78, 5) is 50.1. The summed E-state index contributed by atoms with van der Waals surface area (Å²) in [6.45, 7) is 5.43. The van der Waals surface area contributed by atoms with Crippen molar-refractivity contribution in [2.45, 2.75) is 56.4 Å². The molecular weight excluding hydrogens is 846 g/mol. The first-order valence-electron chi connectivity index (χ1n) is 22.2. The van der Waals surface area contributed by atoms with Crippen molar-refractivity contribution in [3.8, 4) is 5.75 Å². The van der Waals surface area contributed by atoms with Gasteiger partial charge in [0.15, 0.2) is 12.3 Å². The van der Waals surface area contributed by atoms with Crippen LogP contribution < -0.4 is 36.0 Å². The van der Waals surface area contributed by atoms with Crippen molar-refractivity contribution >= 4 is 79.6 Å². The lowest BCUT2D eigenvalue weighted by Gasteiger charge is -2.40. The van der Waals surface area contributed by atoms with Gasteiger partial charge in [-0.3, -0.25) is 29.3 Å². The predicted molar refractivity (Wildman–Crippen MR) is 240 cm³/mol. The molecule has 334 valence electrons. The van der Waals surface area contributed by atoms with E-state index in [9.17, 15) is 14.4 Å². The molecule has 2 amide bonds. The third kappa shape index (κ3) is 7.14. The number of hydrogen-bond donors (Lipinski definition) is 3. The van der Waals surface area contributed by atoms with E-state index >= 15 is 8.78 Å². The van der Waals surface area contributed by atoms with Crippen molar-refractivity contribution in [2.24, 2.45) is 25.9 Å². The summed E-state index contributed by atoms with van der Waals surface area (Å²) in [5.74, 6) is -2.45. The van der Waals surface area contributed by atoms with E-state index in [2.05, 4.69) is 41.8 Å². The number of anilines is 5. The third-order valence-corrected chi connectivity index (χ3v) is 14.2. The first-order valence-corrected chi connectivity index (χ1v) is 22.5. The van der Waals surface area contributed by atoms with Crippen LogP contribution in [-0.2, 0) is 23.7 Å². The Morgan fingerprint density at radius 3 is 2.50 bits per heavy atom. The van der Waals surface area contributed by atoms with Crippen molar-refractivity contribution in [3.63, 3.8) is 0 Å². The maximum absolute atomic E-state index is 15.3. The molecule has 0 bridgehead atoms. The zero-order valence-electron chi connectivity index (χ0n) is 35.6. The van der Waals surface area contributed by atoms with Crippen LogP contribution in [0.3, 0.4) is 0 Å². The van der Waals surface area contributed by atoms with E-state index in [1.807, 2.05) is 42.1 Å². The fraction of sp³-hybridized carbons (Fsp3) is 0.467. The van der Waals surface area contributed by atoms with Crippen LogP contribution in [0.15, 0.2) is 53.5 Å². The Hall–Kier alpha value is -6.01. The quantitative estimate of drug-likeness (QED) is 0.162. The summed E-state index contributed by atoms with van der Waals surface area (Å²) in [6, 6.07) is 12.5. The van der Waals surface area contributed by atoms with Crippen LogP contribution in [0.5, 0.6) is 5.75 Å². The van der Waals surface area contributed by atoms with E-state index in [-0.39, 0.29) is 29.2 Å². The molecule has 16 nitrogen and oxygen atoms in total. The number of piperidine rings is 2. The number of ether oxygens (including phenoxy) is 1. The minimum Gasteiger partial charge on any atom is -0.480 e. The Morgan fingerprint density at radius 1 is 0.938 bits per heavy atom. The van der Waals surface area contributed by atoms with Crippen LogP contribution in [0.4, 0.5) is 37.5 Å². The zero-order chi connectivity index (χ0) is 44.0. The number of aromatic nitrogens is 6. The standard InChI is InChI=1S/C45H49ClF2N12O4/c1-55-32-10-8-27(20-30(32)38-40(44(55)63)64-24-45(47,48)41(53-38)26-6-7-26)50-35-21-34(51-42-31(46)22-49-60(35)42)59-14-12-25(13-15-59)23-57-16-18-58(19-17-57)33-5-3-4-28-37(54-56(2)39(28)33)29-9-11-36(61)52-43(29)62/h3-5,8,10,20-22,25-26,29,41,50,53H,6-7,9,11-19,23-24H2,1-2H3,(H,52,61,62)/t29?,41-/m0/s1. The lowest BCUT2D eigenvalue weighted by molar-refractivity contribution is -0.134. The summed E-state index contributed by atoms with van der Waals surface area (Å²) in [6.07, 6.45) is 5.75. The van der Waals surface area contributed by atoms with Gasteiger partial charge in [-0.15, -0.1) is 0 Å². The number of imide groups is 1. The number of alkyl halides is 2. The molecule has 3 saturated heterocycles. The van der Waals surface area contributed by atoms with Crippen molar-refractivity contribution in [1.29, 1.82) is 0 Å². The van der Waals surface area contributed by atoms with Crippen LogP contribution in [0.1, 0.15) is 50.1 Å². The van der Waals surface area contributed by atoms with Gasteiger partial charge in [-0.05, 0) is 68.2 Å². The summed E-state index contributed by atoms with van der Waals surface area (Å²) in [5.41, 5.74) is 4.42. The van der Waals surface area contributed by atoms with Gasteiger partial charge in [-0.1, -0.05) is 23.7 Å². The molecule has 5 aliphatic rings. The minimum absolute atomic E-state index is 0.102. The van der Waals surface area contributed by atoms with E-state index in [0.29, 0.717) is 64.7 Å². The summed E-state index contributed by atoms with van der Waals surface area (Å²) < 4.78 is 41.1. The van der Waals surface area contributed by atoms with Gasteiger partial charge in [0.1, 0.15) is 16.7 Å². The first-order chi connectivity index (χ1) is 30.9. The number of hydrogen-bond acceptors (Lipinski definition) is 12. The Bertz CT molecular complexity index is 2910. The van der Waals surface area contributed by atoms with Gasteiger partial charge >= 0.3 is 5.92 Å². The minimum atomic E-state index is -3.14. The molecular formula is C45H49ClF2N12O4. The number of halogens is 3. The van der Waals surface area contributed by atoms with Gasteiger partial charge in [-0.25, -0.2) is 13.8 Å². The normalized spacial score (nSPS) is 22.1. The molecule has 4 aliphatic heterocycles. The molecule has 1 saturated carbocycles. The summed E-state index contributed by atoms with van der Waals surface area (Å²) in [5, 5.41) is 20.3. The molecule has 11 rings (SSSR count). The Balaban J connectivity index is 0.769. The highest BCUT2D eigenvalue weighted by Crippen LogP contribution is 2.46. The molecule has 1 unspecified atom stereocenters. The van der Waals surface area contributed by atoms with E-state index < -0.39 is 30.0 Å². The Labute approximate surface area is 371 Å². The molecule has 1 aliphatic carbocycles. The van der Waals surface area contributed by atoms with Gasteiger partial charge in [0.05, 0.1) is 46.3 Å². The van der Waals surface area contributed by atoms with Crippen LogP contribution in [0, 0.1) is 11.8 Å². The molecule has 64 heavy (non-hydrogen) atoms. The van der Waals surface area contributed by atoms with Crippen LogP contribution in [0.25, 0.3) is 27.5 Å². The lowest BCUT2D eigenvalue weighted by atomic mass is 9.92. The molecule has 0 radical (unpaired) electrons. The smallest absolute Gasteiger partial charge is 0.301 e. The molecule has 2 aromatic carbocycles. The van der Waals surface area contributed by atoms with Crippen molar-refractivity contribution in [2.75, 3.05) is 72.9 Å². The number of nitrogens with one attached hydrogen (secondary N) is 3. The molecule has 0 spiro atoms. The maximum atomic E-state index is 15.3. The topological polar surface area (TPSA) is 159 Å². The van der Waals surface area contributed by atoms with Crippen LogP contribution in [0.2, 0.25) is 5.02 Å². The molecule has 4 aromatic heterocycles. The molecule has 8 heterocycles. The number of para-hydroxylation sites is 1. The molecule has 19 heteroatoms. The van der Waals surface area contributed by atoms with Gasteiger partial charge < -0.3 is 29.7 Å². The van der Waals surface area contributed by atoms with Crippen molar-refractivity contribution in [1.82, 2.24) is 39.2 Å². The number of nitrogens with zero attached hydrogens (tertiary/aromatic N) is 9. The second kappa shape index (κ2) is 15.6. The van der Waals surface area contributed by atoms with Crippen LogP contribution >= 0.6 is 11.6 Å². The highest BCUT2D eigenvalue weighted by atomic mass is 35.5. The van der Waals surface area contributed by atoms with Gasteiger partial charge in [0.2, 0.25) is 17.6 Å². The molecule has 4 fully saturated rings. The number of benzene rings is 2. The van der Waals surface area contributed by atoms with E-state index in [1.165, 1.54) is 4.57 Å². The fourth-order valence-electron chi connectivity index (χ4n) is 10.3. The zero-order valence-corrected chi connectivity index (χ0v) is 36.4. The Kier molecular flexibility index (Phi) is 9.94. The van der Waals surface area contributed by atoms with Gasteiger partial charge in [0.25, 0.3) is 5.56 Å². The fourth-order valence-corrected chi connectivity index (χ4v) is 10.5. The van der Waals surface area contributed by atoms with Gasteiger partial charge in [-0.2, -0.15) is 14.7 Å². The summed E-state index contributed by atoms with van der Waals surface area (Å²) in [7, 11) is 3.54. The van der Waals surface area contributed by atoms with E-state index in [4.69, 9.17) is 26.4 Å². The predicted octanol–water partition coefficient (Wildman–Crippen LogP) is 5.64. The number of amides is 2. The highest BCUT2D eigenvalue weighted by molar-refractivity contribution is 6.33. The van der Waals surface area contributed by atoms with Crippen molar-refractivity contribution in [3.05, 3.63) is 69.7 Å². The monoisotopic (exact) mass is 894 g/mol.